The number of alkyl halides is 1. The molecule has 96 valence electrons. The fourth-order valence-electron chi connectivity index (χ4n) is 1.52. The Morgan fingerprint density at radius 2 is 1.78 bits per heavy atom. The summed E-state index contributed by atoms with van der Waals surface area (Å²) in [4.78, 5) is 1.15. The number of benzene rings is 1. The van der Waals surface area contributed by atoms with Crippen LogP contribution in [0.15, 0.2) is 40.6 Å². The van der Waals surface area contributed by atoms with Crippen molar-refractivity contribution in [1.82, 2.24) is 0 Å². The first-order chi connectivity index (χ1) is 8.39. The molecule has 0 N–H and O–H groups in total. The zero-order valence-corrected chi connectivity index (χ0v) is 12.6. The molecule has 2 nitrogen and oxygen atoms in total. The number of sulfone groups is 1. The van der Waals surface area contributed by atoms with Crippen LogP contribution in [0.4, 0.5) is 0 Å². The lowest BCUT2D eigenvalue weighted by atomic mass is 10.1. The molecule has 0 aliphatic carbocycles. The summed E-state index contributed by atoms with van der Waals surface area (Å²) in [6, 6.07) is 8.33. The molecule has 0 fully saturated rings. The van der Waals surface area contributed by atoms with Crippen molar-refractivity contribution in [3.05, 3.63) is 51.2 Å². The normalized spacial score (nSPS) is 13.5. The predicted molar refractivity (Wildman–Crippen MR) is 76.6 cm³/mol. The monoisotopic (exact) mass is 320 g/mol. The Morgan fingerprint density at radius 3 is 2.22 bits per heavy atom. The molecule has 0 spiro atoms. The second-order valence-corrected chi connectivity index (χ2v) is 7.64. The lowest BCUT2D eigenvalue weighted by molar-refractivity contribution is 0.602. The molecule has 1 aromatic carbocycles. The van der Waals surface area contributed by atoms with Crippen molar-refractivity contribution in [3.63, 3.8) is 0 Å². The van der Waals surface area contributed by atoms with E-state index >= 15 is 0 Å². The van der Waals surface area contributed by atoms with Crippen LogP contribution in [0, 0.1) is 0 Å². The predicted octanol–water partition coefficient (Wildman–Crippen LogP) is 4.13. The number of hydrogen-bond acceptors (Lipinski definition) is 3. The van der Waals surface area contributed by atoms with Crippen LogP contribution < -0.4 is 0 Å². The highest BCUT2D eigenvalue weighted by Crippen LogP contribution is 2.37. The van der Waals surface area contributed by atoms with Gasteiger partial charge in [-0.05, 0) is 29.1 Å². The van der Waals surface area contributed by atoms with Crippen molar-refractivity contribution in [2.75, 3.05) is 6.26 Å². The summed E-state index contributed by atoms with van der Waals surface area (Å²) in [6.07, 6.45) is 1.18. The van der Waals surface area contributed by atoms with E-state index in [-0.39, 0.29) is 10.3 Å². The second kappa shape index (κ2) is 5.21. The summed E-state index contributed by atoms with van der Waals surface area (Å²) in [7, 11) is -3.17. The van der Waals surface area contributed by atoms with Gasteiger partial charge in [-0.1, -0.05) is 23.7 Å². The maximum atomic E-state index is 11.3. The van der Waals surface area contributed by atoms with Crippen molar-refractivity contribution in [2.45, 2.75) is 10.3 Å². The van der Waals surface area contributed by atoms with Crippen LogP contribution in [-0.4, -0.2) is 14.7 Å². The summed E-state index contributed by atoms with van der Waals surface area (Å²) < 4.78 is 22.7. The van der Waals surface area contributed by atoms with Gasteiger partial charge in [-0.2, -0.15) is 0 Å². The van der Waals surface area contributed by atoms with Gasteiger partial charge >= 0.3 is 0 Å². The quantitative estimate of drug-likeness (QED) is 0.797. The Kier molecular flexibility index (Phi) is 4.02. The topological polar surface area (TPSA) is 34.1 Å². The number of hydrogen-bond donors (Lipinski definition) is 0. The molecule has 0 amide bonds. The van der Waals surface area contributed by atoms with Gasteiger partial charge < -0.3 is 0 Å². The molecule has 1 unspecified atom stereocenters. The van der Waals surface area contributed by atoms with Gasteiger partial charge in [0, 0.05) is 11.1 Å². The molecule has 1 atom stereocenters. The largest absolute Gasteiger partial charge is 0.224 e. The molecule has 0 aliphatic heterocycles. The minimum absolute atomic E-state index is 0.285. The lowest BCUT2D eigenvalue weighted by Crippen LogP contribution is -1.98. The summed E-state index contributed by atoms with van der Waals surface area (Å²) in [6.45, 7) is 0. The summed E-state index contributed by atoms with van der Waals surface area (Å²) in [5, 5.41) is 2.15. The average molecular weight is 321 g/mol. The highest BCUT2D eigenvalue weighted by Gasteiger charge is 2.16. The van der Waals surface area contributed by atoms with E-state index in [2.05, 4.69) is 0 Å². The molecule has 0 saturated carbocycles. The third kappa shape index (κ3) is 2.88. The third-order valence-corrected chi connectivity index (χ3v) is 5.63. The average Bonchev–Trinajstić information content (AvgIpc) is 2.73. The zero-order chi connectivity index (χ0) is 13.3. The van der Waals surface area contributed by atoms with Crippen LogP contribution in [0.5, 0.6) is 0 Å². The number of thiophene rings is 1. The first-order valence-electron chi connectivity index (χ1n) is 5.06. The molecule has 2 rings (SSSR count). The molecule has 18 heavy (non-hydrogen) atoms. The standard InChI is InChI=1S/C12H10Cl2O2S2/c1-18(15,16)9-4-2-8(3-5-9)11(14)12-10(13)6-7-17-12/h2-7,11H,1H3. The van der Waals surface area contributed by atoms with Crippen molar-refractivity contribution >= 4 is 44.4 Å². The smallest absolute Gasteiger partial charge is 0.175 e. The Balaban J connectivity index is 2.33. The first-order valence-corrected chi connectivity index (χ1v) is 8.65. The molecule has 0 saturated heterocycles. The summed E-state index contributed by atoms with van der Waals surface area (Å²) in [5.41, 5.74) is 0.827. The maximum absolute atomic E-state index is 11.3. The minimum Gasteiger partial charge on any atom is -0.224 e. The molecular formula is C12H10Cl2O2S2. The van der Waals surface area contributed by atoms with E-state index in [1.807, 2.05) is 5.38 Å². The van der Waals surface area contributed by atoms with Crippen LogP contribution in [-0.2, 0) is 9.84 Å². The van der Waals surface area contributed by atoms with Gasteiger partial charge in [0.1, 0.15) is 0 Å². The Labute approximate surface area is 120 Å². The van der Waals surface area contributed by atoms with E-state index in [1.54, 1.807) is 30.3 Å². The van der Waals surface area contributed by atoms with Crippen molar-refractivity contribution in [3.8, 4) is 0 Å². The highest BCUT2D eigenvalue weighted by molar-refractivity contribution is 7.90. The molecule has 1 heterocycles. The van der Waals surface area contributed by atoms with Crippen LogP contribution in [0.2, 0.25) is 5.02 Å². The minimum atomic E-state index is -3.17. The van der Waals surface area contributed by atoms with Crippen LogP contribution in [0.25, 0.3) is 0 Å². The first kappa shape index (κ1) is 13.9. The summed E-state index contributed by atoms with van der Waals surface area (Å²) in [5.74, 6) is 0. The van der Waals surface area contributed by atoms with E-state index in [1.165, 1.54) is 17.6 Å². The van der Waals surface area contributed by atoms with Gasteiger partial charge in [0.2, 0.25) is 0 Å². The zero-order valence-electron chi connectivity index (χ0n) is 9.43. The van der Waals surface area contributed by atoms with Gasteiger partial charge in [-0.25, -0.2) is 8.42 Å². The van der Waals surface area contributed by atoms with Crippen LogP contribution in [0.1, 0.15) is 15.8 Å². The van der Waals surface area contributed by atoms with Gasteiger partial charge in [0.25, 0.3) is 0 Å². The molecule has 1 aromatic heterocycles. The number of halogens is 2. The molecular weight excluding hydrogens is 311 g/mol. The molecule has 2 aromatic rings. The van der Waals surface area contributed by atoms with Crippen molar-refractivity contribution < 1.29 is 8.42 Å². The van der Waals surface area contributed by atoms with Crippen LogP contribution in [0.3, 0.4) is 0 Å². The molecule has 0 aliphatic rings. The third-order valence-electron chi connectivity index (χ3n) is 2.48. The van der Waals surface area contributed by atoms with E-state index in [9.17, 15) is 8.42 Å². The fourth-order valence-corrected chi connectivity index (χ4v) is 3.79. The van der Waals surface area contributed by atoms with Gasteiger partial charge in [-0.3, -0.25) is 0 Å². The molecule has 0 radical (unpaired) electrons. The van der Waals surface area contributed by atoms with Crippen molar-refractivity contribution in [1.29, 1.82) is 0 Å². The fraction of sp³-hybridized carbons (Fsp3) is 0.167. The highest BCUT2D eigenvalue weighted by atomic mass is 35.5. The molecule has 0 bridgehead atoms. The SMILES string of the molecule is CS(=O)(=O)c1ccc(C(Cl)c2sccc2Cl)cc1. The number of rotatable bonds is 3. The van der Waals surface area contributed by atoms with E-state index in [0.29, 0.717) is 5.02 Å². The van der Waals surface area contributed by atoms with Crippen LogP contribution >= 0.6 is 34.5 Å². The molecule has 6 heteroatoms. The van der Waals surface area contributed by atoms with E-state index in [0.717, 1.165) is 10.4 Å². The maximum Gasteiger partial charge on any atom is 0.175 e. The van der Waals surface area contributed by atoms with E-state index in [4.69, 9.17) is 23.2 Å². The Bertz CT molecular complexity index is 645. The van der Waals surface area contributed by atoms with E-state index < -0.39 is 9.84 Å². The van der Waals surface area contributed by atoms with Crippen molar-refractivity contribution in [2.24, 2.45) is 0 Å². The van der Waals surface area contributed by atoms with Gasteiger partial charge in [0.05, 0.1) is 15.3 Å². The van der Waals surface area contributed by atoms with Gasteiger partial charge in [0.15, 0.2) is 9.84 Å². The Hall–Kier alpha value is -0.550. The van der Waals surface area contributed by atoms with Gasteiger partial charge in [-0.15, -0.1) is 22.9 Å². The lowest BCUT2D eigenvalue weighted by Gasteiger charge is -2.09. The second-order valence-electron chi connectivity index (χ2n) is 3.84. The summed E-state index contributed by atoms with van der Waals surface area (Å²) >= 11 is 13.8. The Morgan fingerprint density at radius 1 is 1.17 bits per heavy atom.